The molecule has 0 saturated heterocycles. The van der Waals surface area contributed by atoms with E-state index in [0.29, 0.717) is 24.4 Å². The van der Waals surface area contributed by atoms with Gasteiger partial charge in [0.1, 0.15) is 0 Å². The van der Waals surface area contributed by atoms with E-state index in [9.17, 15) is 8.42 Å². The average molecular weight is 308 g/mol. The first-order chi connectivity index (χ1) is 10.0. The van der Waals surface area contributed by atoms with Crippen molar-refractivity contribution in [2.75, 3.05) is 20.6 Å². The maximum Gasteiger partial charge on any atom is 0.244 e. The summed E-state index contributed by atoms with van der Waals surface area (Å²) in [6, 6.07) is 5.44. The first-order valence-corrected chi connectivity index (χ1v) is 8.15. The molecule has 114 valence electrons. The van der Waals surface area contributed by atoms with Gasteiger partial charge in [-0.3, -0.25) is 4.98 Å². The molecule has 0 amide bonds. The fraction of sp³-hybridized carbons (Fsp3) is 0.357. The number of nitrogens with one attached hydrogen (secondary N) is 2. The number of nitrogens with zero attached hydrogens (tertiary/aromatic N) is 2. The first-order valence-electron chi connectivity index (χ1n) is 6.71. The van der Waals surface area contributed by atoms with Crippen LogP contribution in [0.1, 0.15) is 11.3 Å². The first kappa shape index (κ1) is 15.7. The highest BCUT2D eigenvalue weighted by molar-refractivity contribution is 7.89. The molecule has 2 N–H and O–H groups in total. The number of pyridine rings is 1. The number of hydrogen-bond donors (Lipinski definition) is 2. The van der Waals surface area contributed by atoms with E-state index < -0.39 is 10.0 Å². The van der Waals surface area contributed by atoms with Crippen molar-refractivity contribution in [3.63, 3.8) is 0 Å². The van der Waals surface area contributed by atoms with E-state index in [1.165, 1.54) is 10.5 Å². The molecule has 0 fully saturated rings. The molecule has 0 bridgehead atoms. The van der Waals surface area contributed by atoms with E-state index in [0.717, 1.165) is 11.3 Å². The zero-order chi connectivity index (χ0) is 15.3. The Morgan fingerprint density at radius 2 is 2.05 bits per heavy atom. The molecule has 2 aromatic rings. The zero-order valence-electron chi connectivity index (χ0n) is 12.2. The zero-order valence-corrected chi connectivity index (χ0v) is 13.0. The molecular weight excluding hydrogens is 288 g/mol. The van der Waals surface area contributed by atoms with Crippen LogP contribution in [0.4, 0.5) is 0 Å². The van der Waals surface area contributed by atoms with Gasteiger partial charge in [0.2, 0.25) is 10.0 Å². The Morgan fingerprint density at radius 1 is 1.33 bits per heavy atom. The summed E-state index contributed by atoms with van der Waals surface area (Å²) in [4.78, 5) is 7.21. The molecule has 0 spiro atoms. The van der Waals surface area contributed by atoms with Crippen LogP contribution in [0, 0.1) is 0 Å². The predicted molar refractivity (Wildman–Crippen MR) is 81.3 cm³/mol. The second-order valence-corrected chi connectivity index (χ2v) is 6.87. The minimum Gasteiger partial charge on any atom is -0.363 e. The molecule has 0 aliphatic heterocycles. The third-order valence-electron chi connectivity index (χ3n) is 3.26. The summed E-state index contributed by atoms with van der Waals surface area (Å²) in [7, 11) is -0.0341. The molecule has 21 heavy (non-hydrogen) atoms. The van der Waals surface area contributed by atoms with Gasteiger partial charge in [0.25, 0.3) is 0 Å². The maximum atomic E-state index is 12.4. The molecule has 0 aliphatic rings. The second kappa shape index (κ2) is 6.84. The molecule has 0 radical (unpaired) electrons. The fourth-order valence-corrected chi connectivity index (χ4v) is 3.19. The van der Waals surface area contributed by atoms with Gasteiger partial charge in [-0.2, -0.15) is 0 Å². The van der Waals surface area contributed by atoms with E-state index in [1.54, 1.807) is 25.5 Å². The van der Waals surface area contributed by atoms with Gasteiger partial charge in [-0.15, -0.1) is 0 Å². The summed E-state index contributed by atoms with van der Waals surface area (Å²) < 4.78 is 26.3. The van der Waals surface area contributed by atoms with Crippen LogP contribution in [0.5, 0.6) is 0 Å². The van der Waals surface area contributed by atoms with Crippen LogP contribution in [0.25, 0.3) is 0 Å². The molecule has 7 heteroatoms. The quantitative estimate of drug-likeness (QED) is 0.799. The summed E-state index contributed by atoms with van der Waals surface area (Å²) >= 11 is 0. The van der Waals surface area contributed by atoms with Gasteiger partial charge < -0.3 is 10.3 Å². The third-order valence-corrected chi connectivity index (χ3v) is 5.09. The molecule has 0 atom stereocenters. The second-order valence-electron chi connectivity index (χ2n) is 4.82. The Labute approximate surface area is 125 Å². The summed E-state index contributed by atoms with van der Waals surface area (Å²) in [5.41, 5.74) is 1.91. The van der Waals surface area contributed by atoms with Crippen LogP contribution < -0.4 is 5.32 Å². The molecular formula is C14H20N4O2S. The van der Waals surface area contributed by atoms with E-state index in [-0.39, 0.29) is 0 Å². The van der Waals surface area contributed by atoms with Gasteiger partial charge in [-0.05, 0) is 37.2 Å². The Kier molecular flexibility index (Phi) is 5.11. The van der Waals surface area contributed by atoms with Crippen molar-refractivity contribution in [3.05, 3.63) is 48.0 Å². The highest BCUT2D eigenvalue weighted by atomic mass is 32.2. The largest absolute Gasteiger partial charge is 0.363 e. The van der Waals surface area contributed by atoms with Crippen molar-refractivity contribution in [2.45, 2.75) is 17.9 Å². The number of hydrogen-bond acceptors (Lipinski definition) is 4. The summed E-state index contributed by atoms with van der Waals surface area (Å²) in [5.74, 6) is 0. The lowest BCUT2D eigenvalue weighted by Crippen LogP contribution is -2.28. The molecule has 0 aromatic carbocycles. The van der Waals surface area contributed by atoms with Gasteiger partial charge in [-0.1, -0.05) is 0 Å². The molecule has 0 aliphatic carbocycles. The van der Waals surface area contributed by atoms with Crippen LogP contribution in [-0.4, -0.2) is 43.3 Å². The molecule has 6 nitrogen and oxygen atoms in total. The monoisotopic (exact) mass is 308 g/mol. The number of likely N-dealkylation sites (N-methyl/N-ethyl adjacent to an activating group) is 1. The minimum atomic E-state index is -3.45. The van der Waals surface area contributed by atoms with E-state index in [1.807, 2.05) is 19.2 Å². The topological polar surface area (TPSA) is 78.1 Å². The number of aromatic amines is 1. The van der Waals surface area contributed by atoms with Crippen molar-refractivity contribution in [1.82, 2.24) is 19.6 Å². The van der Waals surface area contributed by atoms with E-state index in [4.69, 9.17) is 0 Å². The van der Waals surface area contributed by atoms with E-state index in [2.05, 4.69) is 15.3 Å². The van der Waals surface area contributed by atoms with Crippen LogP contribution in [0.15, 0.2) is 41.7 Å². The van der Waals surface area contributed by atoms with Crippen molar-refractivity contribution in [3.8, 4) is 0 Å². The highest BCUT2D eigenvalue weighted by Gasteiger charge is 2.21. The van der Waals surface area contributed by atoms with Crippen molar-refractivity contribution in [1.29, 1.82) is 0 Å². The van der Waals surface area contributed by atoms with E-state index >= 15 is 0 Å². The van der Waals surface area contributed by atoms with Crippen LogP contribution >= 0.6 is 0 Å². The fourth-order valence-electron chi connectivity index (χ4n) is 2.00. The Morgan fingerprint density at radius 3 is 2.71 bits per heavy atom. The normalized spacial score (nSPS) is 12.0. The van der Waals surface area contributed by atoms with Crippen LogP contribution in [0.2, 0.25) is 0 Å². The van der Waals surface area contributed by atoms with Crippen LogP contribution in [-0.2, 0) is 23.0 Å². The molecule has 0 unspecified atom stereocenters. The standard InChI is InChI=1S/C14H20N4O2S/c1-15-10-13-9-14(11-17-13)21(19,20)18(2)8-5-12-3-6-16-7-4-12/h3-4,6-7,9,11,15,17H,5,8,10H2,1-2H3. The predicted octanol–water partition coefficient (Wildman–Crippen LogP) is 0.992. The minimum absolute atomic E-state index is 0.296. The molecule has 2 rings (SSSR count). The average Bonchev–Trinajstić information content (AvgIpc) is 2.95. The number of sulfonamides is 1. The highest BCUT2D eigenvalue weighted by Crippen LogP contribution is 2.16. The molecule has 2 heterocycles. The van der Waals surface area contributed by atoms with Crippen LogP contribution in [0.3, 0.4) is 0 Å². The van der Waals surface area contributed by atoms with Gasteiger partial charge >= 0.3 is 0 Å². The summed E-state index contributed by atoms with van der Waals surface area (Å²) in [6.45, 7) is 1.04. The number of aromatic nitrogens is 2. The Bertz CT molecular complexity index is 667. The SMILES string of the molecule is CNCc1cc(S(=O)(=O)N(C)CCc2ccncc2)c[nH]1. The van der Waals surface area contributed by atoms with Gasteiger partial charge in [0.05, 0.1) is 4.90 Å². The molecule has 2 aromatic heterocycles. The van der Waals surface area contributed by atoms with Gasteiger partial charge in [0, 0.05) is 44.4 Å². The third kappa shape index (κ3) is 3.90. The summed E-state index contributed by atoms with van der Waals surface area (Å²) in [5, 5.41) is 2.98. The lowest BCUT2D eigenvalue weighted by Gasteiger charge is -2.16. The van der Waals surface area contributed by atoms with Crippen molar-refractivity contribution < 1.29 is 8.42 Å². The van der Waals surface area contributed by atoms with Gasteiger partial charge in [0.15, 0.2) is 0 Å². The van der Waals surface area contributed by atoms with Crippen molar-refractivity contribution in [2.24, 2.45) is 0 Å². The van der Waals surface area contributed by atoms with Gasteiger partial charge in [-0.25, -0.2) is 12.7 Å². The van der Waals surface area contributed by atoms with Crippen molar-refractivity contribution >= 4 is 10.0 Å². The summed E-state index contributed by atoms with van der Waals surface area (Å²) in [6.07, 6.45) is 5.61. The Hall–Kier alpha value is -1.70. The lowest BCUT2D eigenvalue weighted by atomic mass is 10.2. The lowest BCUT2D eigenvalue weighted by molar-refractivity contribution is 0.472. The molecule has 0 saturated carbocycles. The number of H-pyrrole nitrogens is 1. The maximum absolute atomic E-state index is 12.4. The smallest absolute Gasteiger partial charge is 0.244 e. The number of rotatable bonds is 7. The Balaban J connectivity index is 2.04.